The molecule has 0 amide bonds. The number of hydrogen-bond acceptors (Lipinski definition) is 2. The van der Waals surface area contributed by atoms with E-state index in [1.165, 1.54) is 17.0 Å². The molecular weight excluding hydrogens is 162 g/mol. The van der Waals surface area contributed by atoms with Gasteiger partial charge in [0.25, 0.3) is 0 Å². The summed E-state index contributed by atoms with van der Waals surface area (Å²) in [5, 5.41) is 7.53. The molecule has 2 rings (SSSR count). The number of fused-ring (bicyclic) bond motifs is 1. The highest BCUT2D eigenvalue weighted by atomic mass is 15.2. The highest BCUT2D eigenvalue weighted by Crippen LogP contribution is 2.24. The predicted octanol–water partition coefficient (Wildman–Crippen LogP) is 1.77. The summed E-state index contributed by atoms with van der Waals surface area (Å²) in [7, 11) is 2.17. The van der Waals surface area contributed by atoms with Gasteiger partial charge < -0.3 is 4.90 Å². The number of aromatic nitrogens is 2. The second-order valence-electron chi connectivity index (χ2n) is 4.21. The molecule has 0 bridgehead atoms. The normalized spacial score (nSPS) is 17.8. The summed E-state index contributed by atoms with van der Waals surface area (Å²) in [4.78, 5) is 2.35. The third-order valence-corrected chi connectivity index (χ3v) is 2.70. The van der Waals surface area contributed by atoms with E-state index < -0.39 is 0 Å². The van der Waals surface area contributed by atoms with E-state index in [0.717, 1.165) is 19.5 Å². The SMILES string of the molecule is CC(C)c1n[nH]c2c1CN(C)CC2.[HH]. The van der Waals surface area contributed by atoms with E-state index in [0.29, 0.717) is 5.92 Å². The van der Waals surface area contributed by atoms with Crippen LogP contribution < -0.4 is 0 Å². The molecule has 1 N–H and O–H groups in total. The molecule has 0 atom stereocenters. The minimum absolute atomic E-state index is 0. The fourth-order valence-electron chi connectivity index (χ4n) is 1.93. The standard InChI is InChI=1S/C10H17N3.H2/c1-7(2)10-8-6-13(3)5-4-9(8)11-12-10;/h7H,4-6H2,1-3H3,(H,11,12);1H. The Morgan fingerprint density at radius 3 is 3.00 bits per heavy atom. The number of hydrogen-bond donors (Lipinski definition) is 1. The maximum Gasteiger partial charge on any atom is 0.0695 e. The summed E-state index contributed by atoms with van der Waals surface area (Å²) in [6.45, 7) is 6.60. The molecule has 1 aromatic rings. The number of aromatic amines is 1. The highest BCUT2D eigenvalue weighted by molar-refractivity contribution is 5.29. The number of nitrogens with zero attached hydrogens (tertiary/aromatic N) is 2. The average molecular weight is 181 g/mol. The lowest BCUT2D eigenvalue weighted by molar-refractivity contribution is 0.310. The quantitative estimate of drug-likeness (QED) is 0.716. The molecule has 1 aromatic heterocycles. The Morgan fingerprint density at radius 1 is 1.54 bits per heavy atom. The number of rotatable bonds is 1. The summed E-state index contributed by atoms with van der Waals surface area (Å²) < 4.78 is 0. The number of nitrogens with one attached hydrogen (secondary N) is 1. The molecule has 0 spiro atoms. The molecule has 3 heteroatoms. The number of likely N-dealkylation sites (N-methyl/N-ethyl adjacent to an activating group) is 1. The molecule has 1 aliphatic heterocycles. The summed E-state index contributed by atoms with van der Waals surface area (Å²) in [6, 6.07) is 0. The molecule has 13 heavy (non-hydrogen) atoms. The minimum Gasteiger partial charge on any atom is -0.302 e. The van der Waals surface area contributed by atoms with Crippen molar-refractivity contribution in [3.05, 3.63) is 17.0 Å². The van der Waals surface area contributed by atoms with E-state index in [2.05, 4.69) is 36.0 Å². The Balaban J connectivity index is 0.000000980. The van der Waals surface area contributed by atoms with Crippen LogP contribution >= 0.6 is 0 Å². The zero-order chi connectivity index (χ0) is 9.42. The fraction of sp³-hybridized carbons (Fsp3) is 0.700. The smallest absolute Gasteiger partial charge is 0.0695 e. The van der Waals surface area contributed by atoms with Gasteiger partial charge >= 0.3 is 0 Å². The van der Waals surface area contributed by atoms with Crippen LogP contribution in [0, 0.1) is 0 Å². The largest absolute Gasteiger partial charge is 0.302 e. The molecule has 0 aromatic carbocycles. The van der Waals surface area contributed by atoms with Crippen LogP contribution in [0.1, 0.15) is 38.1 Å². The maximum atomic E-state index is 4.38. The first-order valence-electron chi connectivity index (χ1n) is 4.93. The van der Waals surface area contributed by atoms with Gasteiger partial charge in [-0.05, 0) is 13.0 Å². The third kappa shape index (κ3) is 1.48. The Morgan fingerprint density at radius 2 is 2.31 bits per heavy atom. The van der Waals surface area contributed by atoms with Gasteiger partial charge in [-0.25, -0.2) is 0 Å². The van der Waals surface area contributed by atoms with Crippen molar-refractivity contribution in [1.82, 2.24) is 15.1 Å². The third-order valence-electron chi connectivity index (χ3n) is 2.70. The molecule has 1 aliphatic rings. The van der Waals surface area contributed by atoms with Crippen LogP contribution in [-0.2, 0) is 13.0 Å². The molecular formula is C10H19N3. The Labute approximate surface area is 80.6 Å². The van der Waals surface area contributed by atoms with Crippen molar-refractivity contribution < 1.29 is 1.43 Å². The van der Waals surface area contributed by atoms with Crippen LogP contribution in [0.4, 0.5) is 0 Å². The lowest BCUT2D eigenvalue weighted by atomic mass is 10.00. The van der Waals surface area contributed by atoms with E-state index in [9.17, 15) is 0 Å². The summed E-state index contributed by atoms with van der Waals surface area (Å²) in [5.41, 5.74) is 4.03. The Hall–Kier alpha value is -0.830. The zero-order valence-corrected chi connectivity index (χ0v) is 8.59. The van der Waals surface area contributed by atoms with E-state index in [-0.39, 0.29) is 1.43 Å². The van der Waals surface area contributed by atoms with Crippen LogP contribution in [0.15, 0.2) is 0 Å². The first kappa shape index (κ1) is 8.75. The van der Waals surface area contributed by atoms with Crippen molar-refractivity contribution in [2.75, 3.05) is 13.6 Å². The van der Waals surface area contributed by atoms with Crippen molar-refractivity contribution in [3.63, 3.8) is 0 Å². The van der Waals surface area contributed by atoms with Crippen molar-refractivity contribution in [2.45, 2.75) is 32.7 Å². The van der Waals surface area contributed by atoms with Gasteiger partial charge in [-0.1, -0.05) is 13.8 Å². The monoisotopic (exact) mass is 181 g/mol. The van der Waals surface area contributed by atoms with E-state index in [4.69, 9.17) is 0 Å². The van der Waals surface area contributed by atoms with Crippen molar-refractivity contribution in [3.8, 4) is 0 Å². The molecule has 0 unspecified atom stereocenters. The number of H-pyrrole nitrogens is 1. The van der Waals surface area contributed by atoms with Gasteiger partial charge in [0.15, 0.2) is 0 Å². The average Bonchev–Trinajstić information content (AvgIpc) is 2.46. The van der Waals surface area contributed by atoms with Crippen LogP contribution in [0.2, 0.25) is 0 Å². The molecule has 3 nitrogen and oxygen atoms in total. The van der Waals surface area contributed by atoms with E-state index >= 15 is 0 Å². The van der Waals surface area contributed by atoms with Crippen molar-refractivity contribution in [1.29, 1.82) is 0 Å². The second kappa shape index (κ2) is 3.14. The minimum atomic E-state index is 0. The summed E-state index contributed by atoms with van der Waals surface area (Å²) >= 11 is 0. The van der Waals surface area contributed by atoms with Gasteiger partial charge in [-0.15, -0.1) is 0 Å². The fourth-order valence-corrected chi connectivity index (χ4v) is 1.93. The predicted molar refractivity (Wildman–Crippen MR) is 54.8 cm³/mol. The lowest BCUT2D eigenvalue weighted by Gasteiger charge is -2.22. The van der Waals surface area contributed by atoms with Gasteiger partial charge in [0.05, 0.1) is 5.69 Å². The zero-order valence-electron chi connectivity index (χ0n) is 8.59. The van der Waals surface area contributed by atoms with Crippen molar-refractivity contribution >= 4 is 0 Å². The van der Waals surface area contributed by atoms with Gasteiger partial charge in [-0.3, -0.25) is 5.10 Å². The van der Waals surface area contributed by atoms with Gasteiger partial charge in [0, 0.05) is 32.2 Å². The van der Waals surface area contributed by atoms with Gasteiger partial charge in [-0.2, -0.15) is 5.10 Å². The van der Waals surface area contributed by atoms with Crippen LogP contribution in [-0.4, -0.2) is 28.7 Å². The molecule has 0 fully saturated rings. The molecule has 0 radical (unpaired) electrons. The topological polar surface area (TPSA) is 31.9 Å². The lowest BCUT2D eigenvalue weighted by Crippen LogP contribution is -2.26. The summed E-state index contributed by atoms with van der Waals surface area (Å²) in [6.07, 6.45) is 1.12. The molecule has 0 saturated heterocycles. The van der Waals surface area contributed by atoms with E-state index in [1.54, 1.807) is 0 Å². The summed E-state index contributed by atoms with van der Waals surface area (Å²) in [5.74, 6) is 0.534. The van der Waals surface area contributed by atoms with Crippen molar-refractivity contribution in [2.24, 2.45) is 0 Å². The first-order valence-corrected chi connectivity index (χ1v) is 4.93. The first-order chi connectivity index (χ1) is 6.18. The van der Waals surface area contributed by atoms with Gasteiger partial charge in [0.2, 0.25) is 0 Å². The highest BCUT2D eigenvalue weighted by Gasteiger charge is 2.20. The molecule has 74 valence electrons. The Bertz CT molecular complexity index is 306. The van der Waals surface area contributed by atoms with Crippen LogP contribution in [0.25, 0.3) is 0 Å². The maximum absolute atomic E-state index is 4.38. The molecule has 0 saturated carbocycles. The molecule has 2 heterocycles. The second-order valence-corrected chi connectivity index (χ2v) is 4.21. The Kier molecular flexibility index (Phi) is 2.12. The van der Waals surface area contributed by atoms with E-state index in [1.807, 2.05) is 0 Å². The van der Waals surface area contributed by atoms with Gasteiger partial charge in [0.1, 0.15) is 0 Å². The molecule has 0 aliphatic carbocycles. The van der Waals surface area contributed by atoms with Crippen LogP contribution in [0.5, 0.6) is 0 Å². The van der Waals surface area contributed by atoms with Crippen LogP contribution in [0.3, 0.4) is 0 Å².